The lowest BCUT2D eigenvalue weighted by molar-refractivity contribution is 0.482. The highest BCUT2D eigenvalue weighted by molar-refractivity contribution is 5.89. The van der Waals surface area contributed by atoms with Gasteiger partial charge >= 0.3 is 0 Å². The molecule has 1 aliphatic heterocycles. The molecule has 96 valence electrons. The molecule has 0 amide bonds. The van der Waals surface area contributed by atoms with Crippen molar-refractivity contribution in [1.29, 1.82) is 0 Å². The zero-order valence-electron chi connectivity index (χ0n) is 11.2. The highest BCUT2D eigenvalue weighted by Crippen LogP contribution is 2.30. The maximum absolute atomic E-state index is 4.52. The molecule has 0 saturated carbocycles. The van der Waals surface area contributed by atoms with Crippen molar-refractivity contribution < 1.29 is 0 Å². The maximum atomic E-state index is 4.52. The van der Waals surface area contributed by atoms with Gasteiger partial charge in [-0.05, 0) is 33.1 Å². The van der Waals surface area contributed by atoms with Gasteiger partial charge in [-0.2, -0.15) is 5.10 Å². The summed E-state index contributed by atoms with van der Waals surface area (Å²) in [7, 11) is 1.94. The summed E-state index contributed by atoms with van der Waals surface area (Å²) in [5.41, 5.74) is 1.94. The molecule has 0 radical (unpaired) electrons. The van der Waals surface area contributed by atoms with Crippen molar-refractivity contribution in [3.8, 4) is 0 Å². The minimum absolute atomic E-state index is 0.552. The van der Waals surface area contributed by atoms with Crippen molar-refractivity contribution >= 4 is 16.9 Å². The number of piperidine rings is 1. The van der Waals surface area contributed by atoms with Crippen molar-refractivity contribution in [1.82, 2.24) is 19.7 Å². The molecule has 5 nitrogen and oxygen atoms in total. The molecule has 1 unspecified atom stereocenters. The van der Waals surface area contributed by atoms with Crippen LogP contribution < -0.4 is 4.90 Å². The number of fused-ring (bicyclic) bond motifs is 1. The Hall–Kier alpha value is -1.65. The first-order chi connectivity index (χ1) is 8.68. The molecule has 3 heterocycles. The van der Waals surface area contributed by atoms with E-state index in [1.807, 2.05) is 18.7 Å². The van der Waals surface area contributed by atoms with Gasteiger partial charge in [0, 0.05) is 19.6 Å². The summed E-state index contributed by atoms with van der Waals surface area (Å²) in [6.45, 7) is 5.39. The van der Waals surface area contributed by atoms with Crippen molar-refractivity contribution in [3.05, 3.63) is 12.0 Å². The van der Waals surface area contributed by atoms with Crippen LogP contribution in [0.1, 0.15) is 31.9 Å². The second kappa shape index (κ2) is 4.23. The van der Waals surface area contributed by atoms with Crippen LogP contribution >= 0.6 is 0 Å². The van der Waals surface area contributed by atoms with Crippen LogP contribution in [0.25, 0.3) is 11.0 Å². The first-order valence-corrected chi connectivity index (χ1v) is 6.59. The van der Waals surface area contributed by atoms with Crippen molar-refractivity contribution in [2.75, 3.05) is 11.4 Å². The Morgan fingerprint density at radius 3 is 2.89 bits per heavy atom. The normalized spacial score (nSPS) is 20.6. The second-order valence-corrected chi connectivity index (χ2v) is 5.14. The molecule has 18 heavy (non-hydrogen) atoms. The molecule has 0 bridgehead atoms. The minimum atomic E-state index is 0.552. The van der Waals surface area contributed by atoms with Gasteiger partial charge in [0.1, 0.15) is 12.1 Å². The van der Waals surface area contributed by atoms with Crippen LogP contribution in [0, 0.1) is 6.92 Å². The molecule has 2 aromatic heterocycles. The lowest BCUT2D eigenvalue weighted by Gasteiger charge is -2.34. The molecular formula is C13H19N5. The molecule has 0 spiro atoms. The molecule has 1 atom stereocenters. The Labute approximate surface area is 107 Å². The number of hydrogen-bond donors (Lipinski definition) is 0. The van der Waals surface area contributed by atoms with Gasteiger partial charge in [0.2, 0.25) is 0 Å². The monoisotopic (exact) mass is 245 g/mol. The first-order valence-electron chi connectivity index (χ1n) is 6.59. The molecule has 0 aromatic carbocycles. The van der Waals surface area contributed by atoms with Gasteiger partial charge in [0.15, 0.2) is 5.65 Å². The number of aromatic nitrogens is 4. The second-order valence-electron chi connectivity index (χ2n) is 5.14. The number of anilines is 1. The largest absolute Gasteiger partial charge is 0.353 e. The van der Waals surface area contributed by atoms with E-state index < -0.39 is 0 Å². The van der Waals surface area contributed by atoms with Crippen molar-refractivity contribution in [2.24, 2.45) is 7.05 Å². The van der Waals surface area contributed by atoms with Gasteiger partial charge in [0.25, 0.3) is 0 Å². The Morgan fingerprint density at radius 2 is 2.11 bits per heavy atom. The van der Waals surface area contributed by atoms with Crippen LogP contribution in [0.5, 0.6) is 0 Å². The van der Waals surface area contributed by atoms with Gasteiger partial charge in [-0.1, -0.05) is 0 Å². The Balaban J connectivity index is 2.16. The average molecular weight is 245 g/mol. The Kier molecular flexibility index (Phi) is 2.69. The number of nitrogens with zero attached hydrogens (tertiary/aromatic N) is 5. The molecule has 1 fully saturated rings. The van der Waals surface area contributed by atoms with E-state index in [9.17, 15) is 0 Å². The van der Waals surface area contributed by atoms with E-state index >= 15 is 0 Å². The van der Waals surface area contributed by atoms with Gasteiger partial charge in [0.05, 0.1) is 11.1 Å². The van der Waals surface area contributed by atoms with E-state index in [0.717, 1.165) is 29.1 Å². The third-order valence-electron chi connectivity index (χ3n) is 3.85. The third kappa shape index (κ3) is 1.65. The van der Waals surface area contributed by atoms with Gasteiger partial charge in [-0.25, -0.2) is 9.97 Å². The minimum Gasteiger partial charge on any atom is -0.353 e. The SMILES string of the molecule is Cc1nn(C)c2ncnc(N3CCCCC3C)c12. The van der Waals surface area contributed by atoms with E-state index in [-0.39, 0.29) is 0 Å². The summed E-state index contributed by atoms with van der Waals surface area (Å²) >= 11 is 0. The van der Waals surface area contributed by atoms with Gasteiger partial charge in [-0.3, -0.25) is 4.68 Å². The van der Waals surface area contributed by atoms with E-state index in [1.54, 1.807) is 6.33 Å². The summed E-state index contributed by atoms with van der Waals surface area (Å²) in [5.74, 6) is 1.05. The fourth-order valence-electron chi connectivity index (χ4n) is 2.89. The highest BCUT2D eigenvalue weighted by Gasteiger charge is 2.23. The maximum Gasteiger partial charge on any atom is 0.163 e. The lowest BCUT2D eigenvalue weighted by Crippen LogP contribution is -2.38. The predicted molar refractivity (Wildman–Crippen MR) is 71.7 cm³/mol. The zero-order valence-corrected chi connectivity index (χ0v) is 11.2. The smallest absolute Gasteiger partial charge is 0.163 e. The fraction of sp³-hybridized carbons (Fsp3) is 0.615. The van der Waals surface area contributed by atoms with Crippen LogP contribution in [0.4, 0.5) is 5.82 Å². The number of hydrogen-bond acceptors (Lipinski definition) is 4. The molecule has 3 rings (SSSR count). The van der Waals surface area contributed by atoms with E-state index in [1.165, 1.54) is 19.3 Å². The topological polar surface area (TPSA) is 46.8 Å². The molecule has 0 aliphatic carbocycles. The fourth-order valence-corrected chi connectivity index (χ4v) is 2.89. The molecule has 0 N–H and O–H groups in total. The Morgan fingerprint density at radius 1 is 1.28 bits per heavy atom. The van der Waals surface area contributed by atoms with Crippen molar-refractivity contribution in [2.45, 2.75) is 39.2 Å². The van der Waals surface area contributed by atoms with Crippen molar-refractivity contribution in [3.63, 3.8) is 0 Å². The average Bonchev–Trinajstić information content (AvgIpc) is 2.66. The summed E-state index contributed by atoms with van der Waals surface area (Å²) in [4.78, 5) is 11.3. The predicted octanol–water partition coefficient (Wildman–Crippen LogP) is 2.05. The van der Waals surface area contributed by atoms with Gasteiger partial charge in [-0.15, -0.1) is 0 Å². The summed E-state index contributed by atoms with van der Waals surface area (Å²) in [5, 5.41) is 5.56. The first kappa shape index (κ1) is 11.4. The van der Waals surface area contributed by atoms with E-state index in [4.69, 9.17) is 0 Å². The lowest BCUT2D eigenvalue weighted by atomic mass is 10.0. The summed E-state index contributed by atoms with van der Waals surface area (Å²) in [6.07, 6.45) is 5.46. The van der Waals surface area contributed by atoms with Crippen LogP contribution in [-0.2, 0) is 7.05 Å². The zero-order chi connectivity index (χ0) is 12.7. The molecule has 1 saturated heterocycles. The third-order valence-corrected chi connectivity index (χ3v) is 3.85. The standard InChI is InChI=1S/C13H19N5/c1-9-6-4-5-7-18(9)13-11-10(2)16-17(3)12(11)14-8-15-13/h8-9H,4-7H2,1-3H3. The molecular weight excluding hydrogens is 226 g/mol. The number of rotatable bonds is 1. The van der Waals surface area contributed by atoms with Crippen LogP contribution in [0.15, 0.2) is 6.33 Å². The Bertz CT molecular complexity index is 574. The van der Waals surface area contributed by atoms with E-state index in [2.05, 4.69) is 26.9 Å². The molecule has 1 aliphatic rings. The molecule has 2 aromatic rings. The van der Waals surface area contributed by atoms with Crippen LogP contribution in [-0.4, -0.2) is 32.3 Å². The van der Waals surface area contributed by atoms with Crippen LogP contribution in [0.3, 0.4) is 0 Å². The summed E-state index contributed by atoms with van der Waals surface area (Å²) in [6, 6.07) is 0.552. The van der Waals surface area contributed by atoms with Gasteiger partial charge < -0.3 is 4.90 Å². The molecule has 5 heteroatoms. The highest BCUT2D eigenvalue weighted by atomic mass is 15.3. The van der Waals surface area contributed by atoms with Crippen LogP contribution in [0.2, 0.25) is 0 Å². The quantitative estimate of drug-likeness (QED) is 0.771. The number of aryl methyl sites for hydroxylation is 2. The van der Waals surface area contributed by atoms with E-state index in [0.29, 0.717) is 6.04 Å². The summed E-state index contributed by atoms with van der Waals surface area (Å²) < 4.78 is 1.84.